The number of rotatable bonds is 6. The highest BCUT2D eigenvalue weighted by molar-refractivity contribution is 6.11. The molecule has 0 aliphatic heterocycles. The maximum absolute atomic E-state index is 13.1. The monoisotopic (exact) mass is 488 g/mol. The Morgan fingerprint density at radius 3 is 2.57 bits per heavy atom. The van der Waals surface area contributed by atoms with Gasteiger partial charge in [0.1, 0.15) is 17.3 Å². The number of nitrogens with one attached hydrogen (secondary N) is 1. The Hall–Kier alpha value is -5.43. The van der Waals surface area contributed by atoms with Crippen LogP contribution in [0, 0.1) is 11.3 Å². The van der Waals surface area contributed by atoms with Crippen LogP contribution in [0.2, 0.25) is 0 Å². The summed E-state index contributed by atoms with van der Waals surface area (Å²) in [6.07, 6.45) is 5.29. The van der Waals surface area contributed by atoms with Crippen molar-refractivity contribution in [2.24, 2.45) is 10.2 Å². The molecule has 0 spiro atoms. The van der Waals surface area contributed by atoms with Crippen molar-refractivity contribution in [1.82, 2.24) is 19.7 Å². The molecule has 5 rings (SSSR count). The van der Waals surface area contributed by atoms with Crippen LogP contribution in [0.25, 0.3) is 16.7 Å². The van der Waals surface area contributed by atoms with Gasteiger partial charge in [0, 0.05) is 23.5 Å². The zero-order valence-corrected chi connectivity index (χ0v) is 19.7. The normalized spacial score (nSPS) is 11.0. The van der Waals surface area contributed by atoms with E-state index in [1.54, 1.807) is 24.3 Å². The summed E-state index contributed by atoms with van der Waals surface area (Å²) in [5.74, 6) is -0.549. The first-order valence-corrected chi connectivity index (χ1v) is 11.4. The molecule has 180 valence electrons. The van der Waals surface area contributed by atoms with Gasteiger partial charge in [-0.2, -0.15) is 15.0 Å². The number of hydrogen-bond acceptors (Lipinski definition) is 8. The third-order valence-corrected chi connectivity index (χ3v) is 5.71. The molecule has 2 aromatic heterocycles. The molecule has 0 radical (unpaired) electrons. The van der Waals surface area contributed by atoms with E-state index in [2.05, 4.69) is 37.5 Å². The van der Waals surface area contributed by atoms with Crippen LogP contribution < -0.4 is 5.32 Å². The summed E-state index contributed by atoms with van der Waals surface area (Å²) in [4.78, 5) is 21.4. The largest absolute Gasteiger partial charge is 0.505 e. The number of carbonyl (C=O) groups is 1. The lowest BCUT2D eigenvalue weighted by atomic mass is 10.0. The van der Waals surface area contributed by atoms with E-state index < -0.39 is 5.91 Å². The number of phenolic OH excluding ortho intramolecular Hbond substituents is 1. The van der Waals surface area contributed by atoms with Crippen LogP contribution in [0.15, 0.2) is 89.5 Å². The van der Waals surface area contributed by atoms with Crippen molar-refractivity contribution in [3.05, 3.63) is 95.9 Å². The average molecular weight is 489 g/mol. The number of fused-ring (bicyclic) bond motifs is 1. The molecule has 0 unspecified atom stereocenters. The number of amides is 1. The molecule has 5 aromatic rings. The number of anilines is 1. The predicted molar refractivity (Wildman–Crippen MR) is 137 cm³/mol. The fourth-order valence-electron chi connectivity index (χ4n) is 3.78. The number of hydrogen-bond donors (Lipinski definition) is 2. The number of carbonyl (C=O) groups excluding carboxylic acids is 1. The Balaban J connectivity index is 1.58. The first kappa shape index (κ1) is 23.3. The van der Waals surface area contributed by atoms with Crippen LogP contribution in [-0.2, 0) is 6.42 Å². The van der Waals surface area contributed by atoms with Crippen molar-refractivity contribution >= 4 is 33.9 Å². The van der Waals surface area contributed by atoms with Gasteiger partial charge in [-0.3, -0.25) is 4.79 Å². The number of nitriles is 1. The second-order valence-corrected chi connectivity index (χ2v) is 8.00. The Morgan fingerprint density at radius 1 is 1.08 bits per heavy atom. The van der Waals surface area contributed by atoms with Crippen LogP contribution in [0.1, 0.15) is 28.4 Å². The zero-order valence-electron chi connectivity index (χ0n) is 19.7. The molecule has 0 aliphatic rings. The summed E-state index contributed by atoms with van der Waals surface area (Å²) in [5.41, 5.74) is 2.00. The molecule has 10 nitrogen and oxygen atoms in total. The summed E-state index contributed by atoms with van der Waals surface area (Å²) in [7, 11) is 0. The average Bonchev–Trinajstić information content (AvgIpc) is 3.36. The highest BCUT2D eigenvalue weighted by Crippen LogP contribution is 2.40. The number of azo groups is 1. The SMILES string of the molecule is CCc1ccc(NC(=O)c2cc3ccccc3c(N=Nc3c(C#N)cnn3-c3ncccn3)c2O)cc1. The van der Waals surface area contributed by atoms with E-state index in [0.717, 1.165) is 12.0 Å². The first-order chi connectivity index (χ1) is 18.1. The van der Waals surface area contributed by atoms with E-state index in [1.807, 2.05) is 42.5 Å². The summed E-state index contributed by atoms with van der Waals surface area (Å²) in [5, 5.41) is 37.4. The Kier molecular flexibility index (Phi) is 6.33. The molecule has 2 heterocycles. The van der Waals surface area contributed by atoms with Gasteiger partial charge >= 0.3 is 0 Å². The molecule has 0 saturated heterocycles. The third kappa shape index (κ3) is 4.61. The van der Waals surface area contributed by atoms with E-state index in [4.69, 9.17) is 0 Å². The topological polar surface area (TPSA) is 141 Å². The minimum atomic E-state index is -0.496. The number of nitrogens with zero attached hydrogens (tertiary/aromatic N) is 7. The smallest absolute Gasteiger partial charge is 0.259 e. The van der Waals surface area contributed by atoms with Crippen LogP contribution >= 0.6 is 0 Å². The van der Waals surface area contributed by atoms with Crippen molar-refractivity contribution in [2.45, 2.75) is 13.3 Å². The fourth-order valence-corrected chi connectivity index (χ4v) is 3.78. The zero-order chi connectivity index (χ0) is 25.8. The fraction of sp³-hybridized carbons (Fsp3) is 0.0741. The van der Waals surface area contributed by atoms with Gasteiger partial charge in [-0.1, -0.05) is 43.3 Å². The molecular weight excluding hydrogens is 468 g/mol. The van der Waals surface area contributed by atoms with Crippen molar-refractivity contribution in [1.29, 1.82) is 5.26 Å². The Morgan fingerprint density at radius 2 is 1.84 bits per heavy atom. The number of phenols is 1. The van der Waals surface area contributed by atoms with E-state index in [-0.39, 0.29) is 34.3 Å². The van der Waals surface area contributed by atoms with Crippen LogP contribution in [0.3, 0.4) is 0 Å². The van der Waals surface area contributed by atoms with Gasteiger partial charge in [0.05, 0.1) is 11.8 Å². The lowest BCUT2D eigenvalue weighted by Gasteiger charge is -2.11. The minimum absolute atomic E-state index is 0.0348. The second kappa shape index (κ2) is 10.1. The molecule has 0 bridgehead atoms. The van der Waals surface area contributed by atoms with Crippen molar-refractivity contribution in [3.63, 3.8) is 0 Å². The van der Waals surface area contributed by atoms with E-state index in [9.17, 15) is 15.2 Å². The van der Waals surface area contributed by atoms with Crippen LogP contribution in [0.5, 0.6) is 5.75 Å². The molecule has 0 atom stereocenters. The molecule has 0 saturated carbocycles. The molecule has 3 aromatic carbocycles. The number of aryl methyl sites for hydroxylation is 1. The maximum Gasteiger partial charge on any atom is 0.259 e. The van der Waals surface area contributed by atoms with Gasteiger partial charge < -0.3 is 10.4 Å². The summed E-state index contributed by atoms with van der Waals surface area (Å²) >= 11 is 0. The molecule has 0 aliphatic carbocycles. The number of benzene rings is 3. The second-order valence-electron chi connectivity index (χ2n) is 8.00. The molecule has 1 amide bonds. The van der Waals surface area contributed by atoms with Gasteiger partial charge in [-0.05, 0) is 41.6 Å². The molecule has 2 N–H and O–H groups in total. The van der Waals surface area contributed by atoms with Crippen LogP contribution in [-0.4, -0.2) is 30.8 Å². The lowest BCUT2D eigenvalue weighted by Crippen LogP contribution is -2.12. The van der Waals surface area contributed by atoms with Gasteiger partial charge in [0.15, 0.2) is 11.6 Å². The maximum atomic E-state index is 13.1. The Bertz CT molecular complexity index is 1670. The molecule has 37 heavy (non-hydrogen) atoms. The quantitative estimate of drug-likeness (QED) is 0.297. The lowest BCUT2D eigenvalue weighted by molar-refractivity contribution is 0.102. The minimum Gasteiger partial charge on any atom is -0.505 e. The van der Waals surface area contributed by atoms with E-state index >= 15 is 0 Å². The molecular formula is C27H20N8O2. The van der Waals surface area contributed by atoms with Crippen LogP contribution in [0.4, 0.5) is 17.2 Å². The number of aromatic nitrogens is 4. The highest BCUT2D eigenvalue weighted by Gasteiger charge is 2.20. The van der Waals surface area contributed by atoms with Gasteiger partial charge in [-0.25, -0.2) is 9.97 Å². The van der Waals surface area contributed by atoms with Gasteiger partial charge in [-0.15, -0.1) is 10.2 Å². The molecule has 0 fully saturated rings. The van der Waals surface area contributed by atoms with Crippen molar-refractivity contribution in [2.75, 3.05) is 5.32 Å². The van der Waals surface area contributed by atoms with E-state index in [1.165, 1.54) is 23.3 Å². The van der Waals surface area contributed by atoms with Gasteiger partial charge in [0.25, 0.3) is 11.9 Å². The number of aromatic hydroxyl groups is 1. The highest BCUT2D eigenvalue weighted by atomic mass is 16.3. The standard InChI is InChI=1S/C27H20N8O2/c1-2-17-8-10-20(11-9-17)32-26(37)22-14-18-6-3-4-7-21(18)23(24(22)36)33-34-25-19(15-28)16-31-35(25)27-29-12-5-13-30-27/h3-14,16,36H,2H2,1H3,(H,32,37). The summed E-state index contributed by atoms with van der Waals surface area (Å²) in [6, 6.07) is 19.9. The Labute approximate surface area is 211 Å². The van der Waals surface area contributed by atoms with E-state index in [0.29, 0.717) is 16.5 Å². The first-order valence-electron chi connectivity index (χ1n) is 11.4. The molecule has 10 heteroatoms. The summed E-state index contributed by atoms with van der Waals surface area (Å²) in [6.45, 7) is 2.05. The summed E-state index contributed by atoms with van der Waals surface area (Å²) < 4.78 is 1.28. The predicted octanol–water partition coefficient (Wildman–Crippen LogP) is 5.62. The van der Waals surface area contributed by atoms with Crippen molar-refractivity contribution < 1.29 is 9.90 Å². The van der Waals surface area contributed by atoms with Crippen molar-refractivity contribution in [3.8, 4) is 17.8 Å². The van der Waals surface area contributed by atoms with Gasteiger partial charge in [0.2, 0.25) is 0 Å². The third-order valence-electron chi connectivity index (χ3n) is 5.71.